The lowest BCUT2D eigenvalue weighted by atomic mass is 10.0. The van der Waals surface area contributed by atoms with Gasteiger partial charge in [-0.25, -0.2) is 0 Å². The number of halogens is 9. The van der Waals surface area contributed by atoms with Crippen molar-refractivity contribution in [2.75, 3.05) is 0 Å². The van der Waals surface area contributed by atoms with Crippen LogP contribution in [0.1, 0.15) is 9.85 Å². The Hall–Kier alpha value is 1.50. The van der Waals surface area contributed by atoms with E-state index in [9.17, 15) is 0 Å². The first-order chi connectivity index (χ1) is 9.20. The molecule has 0 aliphatic rings. The Morgan fingerprint density at radius 1 is 0.550 bits per heavy atom. The predicted octanol–water partition coefficient (Wildman–Crippen LogP) is 9.05. The number of alkyl halides is 2. The highest BCUT2D eigenvalue weighted by molar-refractivity contribution is 9.09. The highest BCUT2D eigenvalue weighted by Crippen LogP contribution is 2.53. The average Bonchev–Trinajstić information content (AvgIpc) is 2.39. The molecule has 0 saturated heterocycles. The maximum atomic E-state index is 6.23. The molecule has 0 radical (unpaired) electrons. The van der Waals surface area contributed by atoms with Crippen LogP contribution in [0.5, 0.6) is 0 Å². The lowest BCUT2D eigenvalue weighted by Crippen LogP contribution is -1.93. The van der Waals surface area contributed by atoms with Crippen LogP contribution in [0.3, 0.4) is 0 Å². The number of hydrogen-bond acceptors (Lipinski definition) is 0. The highest BCUT2D eigenvalue weighted by Gasteiger charge is 2.26. The van der Waals surface area contributed by atoms with Crippen molar-refractivity contribution in [1.82, 2.24) is 0 Å². The van der Waals surface area contributed by atoms with Gasteiger partial charge in [-0.2, -0.15) is 0 Å². The van der Waals surface area contributed by atoms with Crippen LogP contribution in [0, 0.1) is 0 Å². The van der Waals surface area contributed by atoms with Crippen molar-refractivity contribution in [2.24, 2.45) is 0 Å². The molecule has 2 aromatic carbocycles. The fraction of sp³-hybridized carbons (Fsp3) is 0.0909. The van der Waals surface area contributed by atoms with E-state index < -0.39 is 4.29 Å². The summed E-state index contributed by atoms with van der Waals surface area (Å²) in [5.74, 6) is 0. The highest BCUT2D eigenvalue weighted by atomic mass is 79.9. The second-order valence-corrected chi connectivity index (χ2v) is 8.19. The Labute approximate surface area is 163 Å². The average molecular weight is 497 g/mol. The molecule has 1 unspecified atom stereocenters. The first-order valence-corrected chi connectivity index (χ1v) is 8.80. The van der Waals surface area contributed by atoms with Crippen LogP contribution in [0.25, 0.3) is 10.8 Å². The van der Waals surface area contributed by atoms with Gasteiger partial charge in [-0.15, -0.1) is 11.6 Å². The second-order valence-electron chi connectivity index (χ2n) is 3.66. The monoisotopic (exact) mass is 492 g/mol. The Morgan fingerprint density at radius 3 is 1.30 bits per heavy atom. The van der Waals surface area contributed by atoms with Crippen molar-refractivity contribution in [1.29, 1.82) is 0 Å². The van der Waals surface area contributed by atoms with Gasteiger partial charge in [-0.05, 0) is 0 Å². The van der Waals surface area contributed by atoms with Gasteiger partial charge < -0.3 is 0 Å². The Balaban J connectivity index is 3.22. The standard InChI is InChI=1S/C11HBrCl8/c12-11(20)3-1-2(5(14)8(17)7(3)16)6(15)10(19)9(18)4(1)13/h11H. The van der Waals surface area contributed by atoms with Gasteiger partial charge in [0.25, 0.3) is 0 Å². The summed E-state index contributed by atoms with van der Waals surface area (Å²) in [6, 6.07) is 0. The molecule has 2 rings (SSSR count). The van der Waals surface area contributed by atoms with Crippen molar-refractivity contribution in [3.05, 3.63) is 40.7 Å². The van der Waals surface area contributed by atoms with E-state index in [0.29, 0.717) is 16.3 Å². The molecular weight excluding hydrogens is 496 g/mol. The molecule has 108 valence electrons. The van der Waals surface area contributed by atoms with Crippen LogP contribution in [-0.2, 0) is 0 Å². The van der Waals surface area contributed by atoms with Crippen LogP contribution >= 0.6 is 109 Å². The van der Waals surface area contributed by atoms with Crippen LogP contribution in [0.15, 0.2) is 0 Å². The van der Waals surface area contributed by atoms with E-state index in [-0.39, 0.29) is 35.2 Å². The van der Waals surface area contributed by atoms with Crippen LogP contribution in [-0.4, -0.2) is 0 Å². The summed E-state index contributed by atoms with van der Waals surface area (Å²) >= 11 is 52.3. The van der Waals surface area contributed by atoms with E-state index in [2.05, 4.69) is 15.9 Å². The largest absolute Gasteiger partial charge is 0.116 e. The smallest absolute Gasteiger partial charge is 0.105 e. The number of rotatable bonds is 1. The van der Waals surface area contributed by atoms with Gasteiger partial charge >= 0.3 is 0 Å². The van der Waals surface area contributed by atoms with Crippen molar-refractivity contribution in [2.45, 2.75) is 4.29 Å². The zero-order valence-corrected chi connectivity index (χ0v) is 16.6. The van der Waals surface area contributed by atoms with E-state index in [1.165, 1.54) is 0 Å². The number of hydrogen-bond donors (Lipinski definition) is 0. The minimum atomic E-state index is -0.668. The predicted molar refractivity (Wildman–Crippen MR) is 96.5 cm³/mol. The SMILES string of the molecule is Clc1c(Cl)c(Cl)c2c(C(Cl)Br)c(Cl)c(Cl)c(Cl)c2c1Cl. The lowest BCUT2D eigenvalue weighted by Gasteiger charge is -2.17. The van der Waals surface area contributed by atoms with Crippen molar-refractivity contribution < 1.29 is 0 Å². The fourth-order valence-electron chi connectivity index (χ4n) is 1.73. The van der Waals surface area contributed by atoms with E-state index in [0.717, 1.165) is 0 Å². The van der Waals surface area contributed by atoms with E-state index in [1.807, 2.05) is 0 Å². The van der Waals surface area contributed by atoms with E-state index >= 15 is 0 Å². The summed E-state index contributed by atoms with van der Waals surface area (Å²) in [6.45, 7) is 0. The van der Waals surface area contributed by atoms with Gasteiger partial charge in [0, 0.05) is 16.3 Å². The molecule has 0 amide bonds. The molecule has 0 heterocycles. The molecule has 0 spiro atoms. The molecule has 0 N–H and O–H groups in total. The summed E-state index contributed by atoms with van der Waals surface area (Å²) in [5, 5.41) is 1.61. The lowest BCUT2D eigenvalue weighted by molar-refractivity contribution is 1.43. The summed E-state index contributed by atoms with van der Waals surface area (Å²) in [5.41, 5.74) is 0.420. The van der Waals surface area contributed by atoms with Gasteiger partial charge in [0.1, 0.15) is 4.29 Å². The molecule has 20 heavy (non-hydrogen) atoms. The molecule has 0 aliphatic heterocycles. The topological polar surface area (TPSA) is 0 Å². The van der Waals surface area contributed by atoms with E-state index in [1.54, 1.807) is 0 Å². The normalized spacial score (nSPS) is 13.1. The zero-order valence-electron chi connectivity index (χ0n) is 8.98. The molecule has 0 fully saturated rings. The molecule has 1 atom stereocenters. The van der Waals surface area contributed by atoms with Crippen LogP contribution in [0.2, 0.25) is 35.2 Å². The summed E-state index contributed by atoms with van der Waals surface area (Å²) in [6.07, 6.45) is 0. The number of benzene rings is 2. The Bertz CT molecular complexity index is 717. The number of fused-ring (bicyclic) bond motifs is 1. The zero-order chi connectivity index (χ0) is 15.4. The third-order valence-electron chi connectivity index (χ3n) is 2.60. The third kappa shape index (κ3) is 2.72. The minimum absolute atomic E-state index is 0.0813. The van der Waals surface area contributed by atoms with Gasteiger partial charge in [0.2, 0.25) is 0 Å². The molecule has 0 saturated carbocycles. The van der Waals surface area contributed by atoms with Crippen molar-refractivity contribution in [3.8, 4) is 0 Å². The molecular formula is C11HBrCl8. The first kappa shape index (κ1) is 17.8. The quantitative estimate of drug-likeness (QED) is 0.210. The van der Waals surface area contributed by atoms with Crippen molar-refractivity contribution >= 4 is 120 Å². The van der Waals surface area contributed by atoms with Crippen LogP contribution in [0.4, 0.5) is 0 Å². The van der Waals surface area contributed by atoms with Gasteiger partial charge in [-0.1, -0.05) is 97.1 Å². The Morgan fingerprint density at radius 2 is 0.900 bits per heavy atom. The first-order valence-electron chi connectivity index (χ1n) is 4.80. The van der Waals surface area contributed by atoms with Gasteiger partial charge in [-0.3, -0.25) is 0 Å². The summed E-state index contributed by atoms with van der Waals surface area (Å²) in [7, 11) is 0. The third-order valence-corrected chi connectivity index (χ3v) is 6.42. The summed E-state index contributed by atoms with van der Waals surface area (Å²) in [4.78, 5) is 0. The molecule has 0 bridgehead atoms. The molecule has 0 nitrogen and oxygen atoms in total. The maximum absolute atomic E-state index is 6.23. The molecule has 2 aromatic rings. The van der Waals surface area contributed by atoms with Gasteiger partial charge in [0.15, 0.2) is 0 Å². The maximum Gasteiger partial charge on any atom is 0.116 e. The van der Waals surface area contributed by atoms with Crippen molar-refractivity contribution in [3.63, 3.8) is 0 Å². The Kier molecular flexibility index (Phi) is 5.84. The summed E-state index contributed by atoms with van der Waals surface area (Å²) < 4.78 is -0.668. The molecule has 9 heteroatoms. The van der Waals surface area contributed by atoms with Crippen LogP contribution < -0.4 is 0 Å². The second kappa shape index (κ2) is 6.55. The van der Waals surface area contributed by atoms with E-state index in [4.69, 9.17) is 92.8 Å². The molecule has 0 aromatic heterocycles. The minimum Gasteiger partial charge on any atom is -0.105 e. The van der Waals surface area contributed by atoms with Gasteiger partial charge in [0.05, 0.1) is 35.2 Å². The molecule has 0 aliphatic carbocycles. The fourth-order valence-corrected chi connectivity index (χ4v) is 4.52.